The standard InChI is InChI=1S/C19H25N5O2/c1-23(2)19-21-15(13-7-14(20)8-13)9-18(22-19)24(3)10-12-4-5-16-17(6-12)26-11-25-16/h4-6,9,13-14H,7-8,10-11,20H2,1-3H3. The zero-order valence-electron chi connectivity index (χ0n) is 15.5. The number of ether oxygens (including phenoxy) is 2. The third-order valence-corrected chi connectivity index (χ3v) is 4.96. The third kappa shape index (κ3) is 3.26. The second-order valence-corrected chi connectivity index (χ2v) is 7.32. The molecular formula is C19H25N5O2. The second-order valence-electron chi connectivity index (χ2n) is 7.32. The highest BCUT2D eigenvalue weighted by Gasteiger charge is 2.29. The van der Waals surface area contributed by atoms with Crippen molar-refractivity contribution in [3.05, 3.63) is 35.5 Å². The molecule has 1 saturated carbocycles. The van der Waals surface area contributed by atoms with Gasteiger partial charge in [0.15, 0.2) is 11.5 Å². The number of hydrogen-bond donors (Lipinski definition) is 1. The van der Waals surface area contributed by atoms with Crippen molar-refractivity contribution >= 4 is 11.8 Å². The monoisotopic (exact) mass is 355 g/mol. The van der Waals surface area contributed by atoms with Gasteiger partial charge in [0.1, 0.15) is 5.82 Å². The Bertz CT molecular complexity index is 805. The Balaban J connectivity index is 1.57. The average Bonchev–Trinajstić information content (AvgIpc) is 3.06. The fourth-order valence-electron chi connectivity index (χ4n) is 3.34. The van der Waals surface area contributed by atoms with E-state index < -0.39 is 0 Å². The van der Waals surface area contributed by atoms with Gasteiger partial charge in [0.05, 0.1) is 5.69 Å². The van der Waals surface area contributed by atoms with Crippen LogP contribution in [0.2, 0.25) is 0 Å². The number of anilines is 2. The van der Waals surface area contributed by atoms with Crippen molar-refractivity contribution in [1.82, 2.24) is 9.97 Å². The van der Waals surface area contributed by atoms with Crippen molar-refractivity contribution in [2.75, 3.05) is 37.7 Å². The van der Waals surface area contributed by atoms with Gasteiger partial charge in [-0.2, -0.15) is 4.98 Å². The summed E-state index contributed by atoms with van der Waals surface area (Å²) in [7, 11) is 5.98. The molecule has 26 heavy (non-hydrogen) atoms. The Hall–Kier alpha value is -2.54. The number of nitrogens with two attached hydrogens (primary N) is 1. The molecule has 1 aliphatic heterocycles. The van der Waals surface area contributed by atoms with E-state index in [2.05, 4.69) is 17.0 Å². The SMILES string of the molecule is CN(C)c1nc(C2CC(N)C2)cc(N(C)Cc2ccc3c(c2)OCO3)n1. The van der Waals surface area contributed by atoms with Crippen molar-refractivity contribution in [2.45, 2.75) is 31.3 Å². The van der Waals surface area contributed by atoms with Crippen LogP contribution in [0.15, 0.2) is 24.3 Å². The molecule has 1 aromatic heterocycles. The van der Waals surface area contributed by atoms with Gasteiger partial charge in [-0.3, -0.25) is 0 Å². The highest BCUT2D eigenvalue weighted by molar-refractivity contribution is 5.49. The summed E-state index contributed by atoms with van der Waals surface area (Å²) in [5.41, 5.74) is 8.19. The number of fused-ring (bicyclic) bond motifs is 1. The molecule has 1 aromatic carbocycles. The van der Waals surface area contributed by atoms with E-state index in [1.54, 1.807) is 0 Å². The fraction of sp³-hybridized carbons (Fsp3) is 0.474. The molecule has 7 heteroatoms. The number of nitrogens with zero attached hydrogens (tertiary/aromatic N) is 4. The van der Waals surface area contributed by atoms with Crippen LogP contribution in [0.5, 0.6) is 11.5 Å². The minimum Gasteiger partial charge on any atom is -0.454 e. The van der Waals surface area contributed by atoms with Crippen LogP contribution in [-0.4, -0.2) is 43.9 Å². The Labute approximate surface area is 153 Å². The maximum Gasteiger partial charge on any atom is 0.231 e. The maximum atomic E-state index is 5.96. The molecule has 0 radical (unpaired) electrons. The first-order valence-electron chi connectivity index (χ1n) is 8.91. The Morgan fingerprint density at radius 2 is 1.85 bits per heavy atom. The molecule has 0 atom stereocenters. The van der Waals surface area contributed by atoms with Crippen LogP contribution >= 0.6 is 0 Å². The molecule has 4 rings (SSSR count). The van der Waals surface area contributed by atoms with Gasteiger partial charge in [-0.15, -0.1) is 0 Å². The van der Waals surface area contributed by atoms with Crippen LogP contribution in [0.3, 0.4) is 0 Å². The van der Waals surface area contributed by atoms with Gasteiger partial charge in [-0.1, -0.05) is 6.07 Å². The number of hydrogen-bond acceptors (Lipinski definition) is 7. The van der Waals surface area contributed by atoms with Gasteiger partial charge in [0, 0.05) is 45.7 Å². The molecule has 2 N–H and O–H groups in total. The van der Waals surface area contributed by atoms with E-state index in [1.165, 1.54) is 0 Å². The van der Waals surface area contributed by atoms with E-state index in [-0.39, 0.29) is 0 Å². The Kier molecular flexibility index (Phi) is 4.32. The lowest BCUT2D eigenvalue weighted by molar-refractivity contribution is 0.174. The fourth-order valence-corrected chi connectivity index (χ4v) is 3.34. The highest BCUT2D eigenvalue weighted by atomic mass is 16.7. The van der Waals surface area contributed by atoms with Gasteiger partial charge in [0.25, 0.3) is 0 Å². The lowest BCUT2D eigenvalue weighted by atomic mass is 9.78. The number of aromatic nitrogens is 2. The van der Waals surface area contributed by atoms with Crippen molar-refractivity contribution in [1.29, 1.82) is 0 Å². The summed E-state index contributed by atoms with van der Waals surface area (Å²) in [6.07, 6.45) is 1.99. The summed E-state index contributed by atoms with van der Waals surface area (Å²) in [5, 5.41) is 0. The van der Waals surface area contributed by atoms with Gasteiger partial charge in [0.2, 0.25) is 12.7 Å². The van der Waals surface area contributed by atoms with Crippen molar-refractivity contribution in [3.63, 3.8) is 0 Å². The molecule has 0 spiro atoms. The third-order valence-electron chi connectivity index (χ3n) is 4.96. The molecule has 1 fully saturated rings. The van der Waals surface area contributed by atoms with Crippen LogP contribution in [0.4, 0.5) is 11.8 Å². The summed E-state index contributed by atoms with van der Waals surface area (Å²) in [6, 6.07) is 8.43. The predicted octanol–water partition coefficient (Wildman–Crippen LogP) is 2.11. The normalized spacial score (nSPS) is 20.6. The van der Waals surface area contributed by atoms with Gasteiger partial charge < -0.3 is 25.0 Å². The molecule has 7 nitrogen and oxygen atoms in total. The molecule has 2 aromatic rings. The summed E-state index contributed by atoms with van der Waals surface area (Å²) in [5.74, 6) is 3.69. The molecule has 2 heterocycles. The molecule has 2 aliphatic rings. The van der Waals surface area contributed by atoms with E-state index in [1.807, 2.05) is 38.2 Å². The van der Waals surface area contributed by atoms with E-state index in [0.29, 0.717) is 18.8 Å². The molecule has 0 unspecified atom stereocenters. The molecule has 0 bridgehead atoms. The minimum atomic E-state index is 0.291. The van der Waals surface area contributed by atoms with Crippen molar-refractivity contribution in [2.24, 2.45) is 5.73 Å². The number of benzene rings is 1. The van der Waals surface area contributed by atoms with E-state index >= 15 is 0 Å². The quantitative estimate of drug-likeness (QED) is 0.880. The van der Waals surface area contributed by atoms with Crippen molar-refractivity contribution < 1.29 is 9.47 Å². The van der Waals surface area contributed by atoms with Crippen LogP contribution in [0.25, 0.3) is 0 Å². The number of rotatable bonds is 5. The van der Waals surface area contributed by atoms with Crippen LogP contribution < -0.4 is 25.0 Å². The zero-order valence-corrected chi connectivity index (χ0v) is 15.5. The summed E-state index contributed by atoms with van der Waals surface area (Å²) in [6.45, 7) is 1.02. The average molecular weight is 355 g/mol. The van der Waals surface area contributed by atoms with Gasteiger partial charge >= 0.3 is 0 Å². The van der Waals surface area contributed by atoms with Gasteiger partial charge in [-0.25, -0.2) is 4.98 Å². The zero-order chi connectivity index (χ0) is 18.3. The molecule has 0 saturated heterocycles. The van der Waals surface area contributed by atoms with Crippen LogP contribution in [0, 0.1) is 0 Å². The molecule has 1 aliphatic carbocycles. The van der Waals surface area contributed by atoms with Crippen LogP contribution in [0.1, 0.15) is 30.0 Å². The minimum absolute atomic E-state index is 0.291. The summed E-state index contributed by atoms with van der Waals surface area (Å²) in [4.78, 5) is 13.5. The largest absolute Gasteiger partial charge is 0.454 e. The van der Waals surface area contributed by atoms with Crippen molar-refractivity contribution in [3.8, 4) is 11.5 Å². The lowest BCUT2D eigenvalue weighted by Gasteiger charge is -2.33. The van der Waals surface area contributed by atoms with Crippen LogP contribution in [-0.2, 0) is 6.54 Å². The first kappa shape index (κ1) is 16.9. The summed E-state index contributed by atoms with van der Waals surface area (Å²) < 4.78 is 10.9. The maximum absolute atomic E-state index is 5.96. The smallest absolute Gasteiger partial charge is 0.231 e. The molecular weight excluding hydrogens is 330 g/mol. The second kappa shape index (κ2) is 6.64. The Morgan fingerprint density at radius 3 is 2.58 bits per heavy atom. The molecule has 138 valence electrons. The first-order valence-corrected chi connectivity index (χ1v) is 8.91. The predicted molar refractivity (Wildman–Crippen MR) is 101 cm³/mol. The molecule has 0 amide bonds. The topological polar surface area (TPSA) is 76.7 Å². The Morgan fingerprint density at radius 1 is 1.08 bits per heavy atom. The van der Waals surface area contributed by atoms with Gasteiger partial charge in [-0.05, 0) is 30.5 Å². The van der Waals surface area contributed by atoms with E-state index in [4.69, 9.17) is 25.2 Å². The summed E-state index contributed by atoms with van der Waals surface area (Å²) >= 11 is 0. The first-order chi connectivity index (χ1) is 12.5. The van der Waals surface area contributed by atoms with E-state index in [0.717, 1.165) is 53.9 Å². The van der Waals surface area contributed by atoms with E-state index in [9.17, 15) is 0 Å². The highest BCUT2D eigenvalue weighted by Crippen LogP contribution is 2.37. The lowest BCUT2D eigenvalue weighted by Crippen LogP contribution is -2.35.